The second-order valence-electron chi connectivity index (χ2n) is 4.64. The van der Waals surface area contributed by atoms with Gasteiger partial charge in [0.25, 0.3) is 0 Å². The lowest BCUT2D eigenvalue weighted by atomic mass is 10.1. The van der Waals surface area contributed by atoms with Crippen molar-refractivity contribution in [3.8, 4) is 0 Å². The van der Waals surface area contributed by atoms with E-state index in [0.29, 0.717) is 0 Å². The fraction of sp³-hybridized carbons (Fsp3) is 0.562. The Hall–Kier alpha value is -0.780. The lowest BCUT2D eigenvalue weighted by Crippen LogP contribution is -1.80. The molecular weight excluding hydrogens is 192 g/mol. The van der Waals surface area contributed by atoms with E-state index < -0.39 is 0 Å². The van der Waals surface area contributed by atoms with Gasteiger partial charge in [-0.25, -0.2) is 0 Å². The van der Waals surface area contributed by atoms with Gasteiger partial charge in [0.05, 0.1) is 0 Å². The summed E-state index contributed by atoms with van der Waals surface area (Å²) in [4.78, 5) is 0. The molecular formula is C16H27. The van der Waals surface area contributed by atoms with Crippen molar-refractivity contribution in [1.82, 2.24) is 0 Å². The first kappa shape index (κ1) is 15.2. The molecule has 0 bridgehead atoms. The van der Waals surface area contributed by atoms with Crippen molar-refractivity contribution < 1.29 is 0 Å². The Balaban J connectivity index is 3.79. The lowest BCUT2D eigenvalue weighted by Gasteiger charge is -2.00. The zero-order chi connectivity index (χ0) is 12.4. The summed E-state index contributed by atoms with van der Waals surface area (Å²) in [5.41, 5.74) is 4.19. The Morgan fingerprint density at radius 2 is 1.38 bits per heavy atom. The summed E-state index contributed by atoms with van der Waals surface area (Å²) in [6, 6.07) is 0. The zero-order valence-electron chi connectivity index (χ0n) is 11.5. The summed E-state index contributed by atoms with van der Waals surface area (Å²) in [5, 5.41) is 0. The number of hydrogen-bond acceptors (Lipinski definition) is 0. The SMILES string of the molecule is [CH2]C(C)=CCCC(C)=CCCC(C)=CCC. The predicted octanol–water partition coefficient (Wildman–Crippen LogP) is 5.63. The Morgan fingerprint density at radius 1 is 0.875 bits per heavy atom. The highest BCUT2D eigenvalue weighted by molar-refractivity contribution is 5.06. The van der Waals surface area contributed by atoms with Crippen LogP contribution in [-0.2, 0) is 0 Å². The lowest BCUT2D eigenvalue weighted by molar-refractivity contribution is 0.914. The van der Waals surface area contributed by atoms with Gasteiger partial charge >= 0.3 is 0 Å². The van der Waals surface area contributed by atoms with Crippen LogP contribution in [0.1, 0.15) is 59.8 Å². The predicted molar refractivity (Wildman–Crippen MR) is 75.4 cm³/mol. The van der Waals surface area contributed by atoms with Crippen LogP contribution in [0.5, 0.6) is 0 Å². The molecule has 0 nitrogen and oxygen atoms in total. The molecule has 0 rings (SSSR count). The minimum Gasteiger partial charge on any atom is -0.0859 e. The Labute approximate surface area is 102 Å². The minimum atomic E-state index is 1.13. The summed E-state index contributed by atoms with van der Waals surface area (Å²) in [5.74, 6) is 0. The van der Waals surface area contributed by atoms with E-state index in [1.165, 1.54) is 36.0 Å². The third-order valence-corrected chi connectivity index (χ3v) is 2.62. The quantitative estimate of drug-likeness (QED) is 0.487. The van der Waals surface area contributed by atoms with Crippen LogP contribution in [0.25, 0.3) is 0 Å². The van der Waals surface area contributed by atoms with Crippen molar-refractivity contribution in [3.63, 3.8) is 0 Å². The first-order chi connectivity index (χ1) is 7.56. The fourth-order valence-corrected chi connectivity index (χ4v) is 1.65. The van der Waals surface area contributed by atoms with Gasteiger partial charge in [-0.3, -0.25) is 0 Å². The molecule has 0 N–H and O–H groups in total. The van der Waals surface area contributed by atoms with E-state index >= 15 is 0 Å². The second kappa shape index (κ2) is 9.45. The standard InChI is InChI=1S/C16H27/c1-6-9-15(4)12-8-13-16(5)11-7-10-14(2)3/h9-10,13H,2,6-8,11-12H2,1,3-5H3. The van der Waals surface area contributed by atoms with Gasteiger partial charge in [0.15, 0.2) is 0 Å². The van der Waals surface area contributed by atoms with E-state index in [2.05, 4.69) is 52.8 Å². The van der Waals surface area contributed by atoms with Gasteiger partial charge < -0.3 is 0 Å². The highest BCUT2D eigenvalue weighted by atomic mass is 14.0. The summed E-state index contributed by atoms with van der Waals surface area (Å²) >= 11 is 0. The minimum absolute atomic E-state index is 1.13. The van der Waals surface area contributed by atoms with Crippen molar-refractivity contribution in [2.45, 2.75) is 59.8 Å². The first-order valence-corrected chi connectivity index (χ1v) is 6.36. The first-order valence-electron chi connectivity index (χ1n) is 6.36. The third-order valence-electron chi connectivity index (χ3n) is 2.62. The summed E-state index contributed by atoms with van der Waals surface area (Å²) < 4.78 is 0. The molecule has 0 atom stereocenters. The van der Waals surface area contributed by atoms with Gasteiger partial charge in [0.1, 0.15) is 0 Å². The fourth-order valence-electron chi connectivity index (χ4n) is 1.65. The average molecular weight is 219 g/mol. The molecule has 0 aliphatic heterocycles. The van der Waals surface area contributed by atoms with Gasteiger partial charge in [-0.15, -0.1) is 0 Å². The molecule has 1 radical (unpaired) electrons. The van der Waals surface area contributed by atoms with Gasteiger partial charge in [-0.05, 0) is 59.8 Å². The maximum Gasteiger partial charge on any atom is -0.0286 e. The molecule has 0 fully saturated rings. The van der Waals surface area contributed by atoms with E-state index in [-0.39, 0.29) is 0 Å². The highest BCUT2D eigenvalue weighted by Gasteiger charge is 1.91. The second-order valence-corrected chi connectivity index (χ2v) is 4.64. The maximum atomic E-state index is 3.88. The van der Waals surface area contributed by atoms with E-state index in [9.17, 15) is 0 Å². The Morgan fingerprint density at radius 3 is 1.88 bits per heavy atom. The van der Waals surface area contributed by atoms with Gasteiger partial charge in [0.2, 0.25) is 0 Å². The van der Waals surface area contributed by atoms with E-state index in [0.717, 1.165) is 12.8 Å². The number of hydrogen-bond donors (Lipinski definition) is 0. The molecule has 0 aromatic rings. The average Bonchev–Trinajstić information content (AvgIpc) is 2.17. The van der Waals surface area contributed by atoms with Crippen LogP contribution in [0.3, 0.4) is 0 Å². The number of rotatable bonds is 7. The Kier molecular flexibility index (Phi) is 8.99. The van der Waals surface area contributed by atoms with Crippen LogP contribution in [0.4, 0.5) is 0 Å². The molecule has 0 aliphatic carbocycles. The van der Waals surface area contributed by atoms with Crippen molar-refractivity contribution in [3.05, 3.63) is 41.9 Å². The third kappa shape index (κ3) is 9.76. The monoisotopic (exact) mass is 219 g/mol. The van der Waals surface area contributed by atoms with E-state index in [1.807, 2.05) is 0 Å². The molecule has 0 aromatic heterocycles. The van der Waals surface area contributed by atoms with Crippen molar-refractivity contribution in [2.24, 2.45) is 0 Å². The summed E-state index contributed by atoms with van der Waals surface area (Å²) in [6.45, 7) is 12.6. The van der Waals surface area contributed by atoms with Gasteiger partial charge in [-0.2, -0.15) is 0 Å². The van der Waals surface area contributed by atoms with Crippen molar-refractivity contribution in [1.29, 1.82) is 0 Å². The molecule has 91 valence electrons. The van der Waals surface area contributed by atoms with Crippen LogP contribution >= 0.6 is 0 Å². The van der Waals surface area contributed by atoms with Crippen molar-refractivity contribution >= 4 is 0 Å². The van der Waals surface area contributed by atoms with Gasteiger partial charge in [-0.1, -0.05) is 41.9 Å². The molecule has 0 unspecified atom stereocenters. The van der Waals surface area contributed by atoms with Crippen LogP contribution in [0.2, 0.25) is 0 Å². The maximum absolute atomic E-state index is 3.88. The van der Waals surface area contributed by atoms with E-state index in [1.54, 1.807) is 0 Å². The van der Waals surface area contributed by atoms with Gasteiger partial charge in [0, 0.05) is 0 Å². The van der Waals surface area contributed by atoms with Crippen LogP contribution in [0.15, 0.2) is 34.9 Å². The molecule has 0 aliphatic rings. The zero-order valence-corrected chi connectivity index (χ0v) is 11.5. The smallest absolute Gasteiger partial charge is 0.0286 e. The molecule has 16 heavy (non-hydrogen) atoms. The molecule has 0 heteroatoms. The topological polar surface area (TPSA) is 0 Å². The van der Waals surface area contributed by atoms with Crippen molar-refractivity contribution in [2.75, 3.05) is 0 Å². The number of allylic oxidation sites excluding steroid dienone is 6. The largest absolute Gasteiger partial charge is 0.0859 e. The van der Waals surface area contributed by atoms with Crippen LogP contribution in [-0.4, -0.2) is 0 Å². The highest BCUT2D eigenvalue weighted by Crippen LogP contribution is 2.11. The molecule has 0 aromatic carbocycles. The Bertz CT molecular complexity index is 260. The molecule has 0 heterocycles. The molecule has 0 amide bonds. The molecule has 0 spiro atoms. The summed E-state index contributed by atoms with van der Waals surface area (Å²) in [7, 11) is 0. The molecule has 0 saturated carbocycles. The van der Waals surface area contributed by atoms with E-state index in [4.69, 9.17) is 0 Å². The molecule has 0 saturated heterocycles. The van der Waals surface area contributed by atoms with Crippen LogP contribution < -0.4 is 0 Å². The normalized spacial score (nSPS) is 14.4. The van der Waals surface area contributed by atoms with Crippen LogP contribution in [0, 0.1) is 6.92 Å². The summed E-state index contributed by atoms with van der Waals surface area (Å²) in [6.07, 6.45) is 12.7.